The van der Waals surface area contributed by atoms with Gasteiger partial charge < -0.3 is 4.90 Å². The van der Waals surface area contributed by atoms with Gasteiger partial charge in [-0.3, -0.25) is 9.78 Å². The fourth-order valence-corrected chi connectivity index (χ4v) is 4.62. The van der Waals surface area contributed by atoms with E-state index >= 15 is 0 Å². The number of urea groups is 1. The molecule has 1 aliphatic carbocycles. The van der Waals surface area contributed by atoms with Gasteiger partial charge in [-0.25, -0.2) is 9.69 Å². The van der Waals surface area contributed by atoms with Crippen LogP contribution in [0.4, 0.5) is 23.7 Å². The lowest BCUT2D eigenvalue weighted by atomic mass is 10.1. The van der Waals surface area contributed by atoms with Crippen molar-refractivity contribution in [2.45, 2.75) is 35.3 Å². The molecule has 1 aromatic heterocycles. The molecular formula is C24H18F3N3O2S. The van der Waals surface area contributed by atoms with Crippen LogP contribution in [0.5, 0.6) is 0 Å². The van der Waals surface area contributed by atoms with Gasteiger partial charge in [-0.2, -0.15) is 13.2 Å². The van der Waals surface area contributed by atoms with E-state index in [2.05, 4.69) is 4.98 Å². The molecule has 3 aromatic rings. The number of imide groups is 1. The van der Waals surface area contributed by atoms with E-state index < -0.39 is 17.1 Å². The zero-order valence-electron chi connectivity index (χ0n) is 17.2. The molecule has 1 aliphatic heterocycles. The van der Waals surface area contributed by atoms with Gasteiger partial charge in [0.05, 0.1) is 11.4 Å². The molecule has 0 N–H and O–H groups in total. The lowest BCUT2D eigenvalue weighted by Crippen LogP contribution is -2.36. The minimum atomic E-state index is -4.40. The largest absolute Gasteiger partial charge is 0.446 e. The van der Waals surface area contributed by atoms with Crippen LogP contribution in [-0.4, -0.2) is 32.9 Å². The van der Waals surface area contributed by atoms with Crippen LogP contribution < -0.4 is 4.90 Å². The molecule has 2 aromatic carbocycles. The predicted octanol–water partition coefficient (Wildman–Crippen LogP) is 5.86. The first-order valence-electron chi connectivity index (χ1n) is 10.3. The Kier molecular flexibility index (Phi) is 5.16. The number of anilines is 1. The Morgan fingerprint density at radius 2 is 1.67 bits per heavy atom. The number of carbonyl (C=O) groups excluding carboxylic acids is 2. The molecule has 0 bridgehead atoms. The van der Waals surface area contributed by atoms with Crippen molar-refractivity contribution in [1.82, 2.24) is 9.88 Å². The van der Waals surface area contributed by atoms with Gasteiger partial charge in [0.1, 0.15) is 5.54 Å². The number of hydrogen-bond donors (Lipinski definition) is 0. The highest BCUT2D eigenvalue weighted by molar-refractivity contribution is 8.00. The Morgan fingerprint density at radius 1 is 0.970 bits per heavy atom. The number of carbonyl (C=O) groups is 2. The smallest absolute Gasteiger partial charge is 0.305 e. The molecule has 2 fully saturated rings. The molecule has 33 heavy (non-hydrogen) atoms. The Morgan fingerprint density at radius 3 is 2.30 bits per heavy atom. The monoisotopic (exact) mass is 469 g/mol. The highest BCUT2D eigenvalue weighted by atomic mass is 32.2. The Balaban J connectivity index is 1.39. The molecule has 9 heteroatoms. The molecule has 0 radical (unpaired) electrons. The number of pyridine rings is 1. The van der Waals surface area contributed by atoms with Gasteiger partial charge in [0, 0.05) is 23.2 Å². The Bertz CT molecular complexity index is 1210. The van der Waals surface area contributed by atoms with Crippen LogP contribution in [0.25, 0.3) is 11.3 Å². The maximum Gasteiger partial charge on any atom is 0.446 e. The van der Waals surface area contributed by atoms with Gasteiger partial charge in [0.15, 0.2) is 0 Å². The Labute approximate surface area is 192 Å². The standard InChI is InChI=1S/C24H18F3N3O2S/c25-24(26,27)33-19-8-6-18(7-9-19)30-21(31)23(11-12-23)29(22(30)32)15-16-10-13-28-20(14-16)17-4-2-1-3-5-17/h1-10,13-14H,11-12,15H2. The molecule has 1 spiro atoms. The SMILES string of the molecule is O=C1N(c2ccc(SC(F)(F)F)cc2)C(=O)C2(CC2)N1Cc1ccnc(-c2ccccc2)c1. The summed E-state index contributed by atoms with van der Waals surface area (Å²) >= 11 is -0.237. The number of thioether (sulfide) groups is 1. The molecular weight excluding hydrogens is 451 g/mol. The van der Waals surface area contributed by atoms with E-state index in [1.807, 2.05) is 42.5 Å². The van der Waals surface area contributed by atoms with E-state index in [1.54, 1.807) is 11.1 Å². The van der Waals surface area contributed by atoms with Gasteiger partial charge in [-0.05, 0) is 66.6 Å². The number of benzene rings is 2. The van der Waals surface area contributed by atoms with Crippen molar-refractivity contribution in [3.8, 4) is 11.3 Å². The number of aromatic nitrogens is 1. The second kappa shape index (κ2) is 7.91. The average molecular weight is 469 g/mol. The topological polar surface area (TPSA) is 53.5 Å². The van der Waals surface area contributed by atoms with E-state index in [0.717, 1.165) is 21.7 Å². The van der Waals surface area contributed by atoms with E-state index in [-0.39, 0.29) is 34.8 Å². The molecule has 168 valence electrons. The summed E-state index contributed by atoms with van der Waals surface area (Å²) in [6.07, 6.45) is 2.80. The quantitative estimate of drug-likeness (QED) is 0.347. The molecule has 0 atom stereocenters. The van der Waals surface area contributed by atoms with Gasteiger partial charge in [0.25, 0.3) is 5.91 Å². The van der Waals surface area contributed by atoms with Crippen molar-refractivity contribution in [1.29, 1.82) is 0 Å². The summed E-state index contributed by atoms with van der Waals surface area (Å²) in [6, 6.07) is 18.2. The predicted molar refractivity (Wildman–Crippen MR) is 118 cm³/mol. The number of rotatable bonds is 5. The third-order valence-electron chi connectivity index (χ3n) is 5.83. The maximum absolute atomic E-state index is 13.3. The summed E-state index contributed by atoms with van der Waals surface area (Å²) in [4.78, 5) is 33.5. The van der Waals surface area contributed by atoms with Crippen LogP contribution >= 0.6 is 11.8 Å². The van der Waals surface area contributed by atoms with Crippen LogP contribution in [0.3, 0.4) is 0 Å². The molecule has 5 rings (SSSR count). The van der Waals surface area contributed by atoms with Crippen molar-refractivity contribution in [3.63, 3.8) is 0 Å². The van der Waals surface area contributed by atoms with E-state index in [4.69, 9.17) is 0 Å². The summed E-state index contributed by atoms with van der Waals surface area (Å²) in [5.74, 6) is -0.332. The first kappa shape index (κ1) is 21.5. The number of nitrogens with zero attached hydrogens (tertiary/aromatic N) is 3. The van der Waals surface area contributed by atoms with E-state index in [9.17, 15) is 22.8 Å². The fourth-order valence-electron chi connectivity index (χ4n) is 4.08. The number of amides is 3. The fraction of sp³-hybridized carbons (Fsp3) is 0.208. The van der Waals surface area contributed by atoms with Crippen molar-refractivity contribution in [2.75, 3.05) is 4.90 Å². The molecule has 3 amide bonds. The van der Waals surface area contributed by atoms with Crippen LogP contribution in [0.15, 0.2) is 77.8 Å². The van der Waals surface area contributed by atoms with Crippen molar-refractivity contribution >= 4 is 29.4 Å². The number of hydrogen-bond acceptors (Lipinski definition) is 4. The van der Waals surface area contributed by atoms with Gasteiger partial charge in [-0.1, -0.05) is 30.3 Å². The normalized spacial score (nSPS) is 17.2. The van der Waals surface area contributed by atoms with Crippen molar-refractivity contribution in [2.24, 2.45) is 0 Å². The number of alkyl halides is 3. The third kappa shape index (κ3) is 4.08. The molecule has 1 saturated heterocycles. The molecule has 0 unspecified atom stereocenters. The summed E-state index contributed by atoms with van der Waals surface area (Å²) in [7, 11) is 0. The first-order valence-corrected chi connectivity index (χ1v) is 11.1. The van der Waals surface area contributed by atoms with E-state index in [0.29, 0.717) is 12.8 Å². The Hall–Kier alpha value is -3.33. The van der Waals surface area contributed by atoms with Crippen LogP contribution in [0, 0.1) is 0 Å². The highest BCUT2D eigenvalue weighted by Crippen LogP contribution is 2.50. The molecule has 2 heterocycles. The highest BCUT2D eigenvalue weighted by Gasteiger charge is 2.65. The summed E-state index contributed by atoms with van der Waals surface area (Å²) < 4.78 is 37.8. The maximum atomic E-state index is 13.3. The summed E-state index contributed by atoms with van der Waals surface area (Å²) in [5.41, 5.74) is -2.46. The van der Waals surface area contributed by atoms with Gasteiger partial charge in [0.2, 0.25) is 0 Å². The zero-order chi connectivity index (χ0) is 23.2. The van der Waals surface area contributed by atoms with Crippen LogP contribution in [0.1, 0.15) is 18.4 Å². The number of halogens is 3. The second-order valence-corrected chi connectivity index (χ2v) is 9.14. The van der Waals surface area contributed by atoms with Crippen LogP contribution in [0.2, 0.25) is 0 Å². The minimum absolute atomic E-state index is 0.00596. The van der Waals surface area contributed by atoms with Gasteiger partial charge >= 0.3 is 11.5 Å². The van der Waals surface area contributed by atoms with Gasteiger partial charge in [-0.15, -0.1) is 0 Å². The lowest BCUT2D eigenvalue weighted by Gasteiger charge is -2.21. The zero-order valence-corrected chi connectivity index (χ0v) is 18.1. The first-order chi connectivity index (χ1) is 15.8. The van der Waals surface area contributed by atoms with Crippen molar-refractivity contribution < 1.29 is 22.8 Å². The minimum Gasteiger partial charge on any atom is -0.305 e. The third-order valence-corrected chi connectivity index (χ3v) is 6.57. The van der Waals surface area contributed by atoms with Crippen molar-refractivity contribution in [3.05, 3.63) is 78.5 Å². The average Bonchev–Trinajstić information content (AvgIpc) is 3.57. The lowest BCUT2D eigenvalue weighted by molar-refractivity contribution is -0.120. The molecule has 5 nitrogen and oxygen atoms in total. The molecule has 2 aliphatic rings. The molecule has 1 saturated carbocycles. The summed E-state index contributed by atoms with van der Waals surface area (Å²) in [6.45, 7) is 0.242. The van der Waals surface area contributed by atoms with Crippen LogP contribution in [-0.2, 0) is 11.3 Å². The summed E-state index contributed by atoms with van der Waals surface area (Å²) in [5, 5.41) is 0. The second-order valence-electron chi connectivity index (χ2n) is 8.00. The van der Waals surface area contributed by atoms with E-state index in [1.165, 1.54) is 24.3 Å².